The Morgan fingerprint density at radius 3 is 2.75 bits per heavy atom. The summed E-state index contributed by atoms with van der Waals surface area (Å²) in [7, 11) is 0. The lowest BCUT2D eigenvalue weighted by atomic mass is 10.2. The highest BCUT2D eigenvalue weighted by Gasteiger charge is 2.19. The lowest BCUT2D eigenvalue weighted by molar-refractivity contribution is -0.115. The summed E-state index contributed by atoms with van der Waals surface area (Å²) in [6.07, 6.45) is 5.43. The van der Waals surface area contributed by atoms with E-state index in [1.54, 1.807) is 12.4 Å². The summed E-state index contributed by atoms with van der Waals surface area (Å²) in [5.41, 5.74) is 3.85. The molecule has 0 saturated heterocycles. The normalized spacial score (nSPS) is 12.1. The Labute approximate surface area is 167 Å². The molecule has 0 spiro atoms. The Hall–Kier alpha value is -3.12. The van der Waals surface area contributed by atoms with Crippen LogP contribution >= 0.6 is 11.8 Å². The van der Waals surface area contributed by atoms with Crippen molar-refractivity contribution in [3.8, 4) is 5.69 Å². The van der Waals surface area contributed by atoms with E-state index in [9.17, 15) is 4.79 Å². The number of carbonyl (C=O) groups excluding carboxylic acids is 1. The zero-order valence-corrected chi connectivity index (χ0v) is 16.5. The number of pyridine rings is 1. The van der Waals surface area contributed by atoms with Gasteiger partial charge in [0.15, 0.2) is 5.16 Å². The van der Waals surface area contributed by atoms with Crippen LogP contribution in [0.15, 0.2) is 78.3 Å². The van der Waals surface area contributed by atoms with Gasteiger partial charge in [-0.15, -0.1) is 0 Å². The number of nitrogens with zero attached hydrogens (tertiary/aromatic N) is 3. The highest BCUT2D eigenvalue weighted by atomic mass is 32.2. The number of rotatable bonds is 5. The van der Waals surface area contributed by atoms with E-state index in [1.807, 2.05) is 60.2 Å². The highest BCUT2D eigenvalue weighted by Crippen LogP contribution is 2.28. The number of hydrogen-bond donors (Lipinski definition) is 1. The summed E-state index contributed by atoms with van der Waals surface area (Å²) in [5, 5.41) is 4.44. The molecular weight excluding hydrogens is 368 g/mol. The predicted octanol–water partition coefficient (Wildman–Crippen LogP) is 4.85. The summed E-state index contributed by atoms with van der Waals surface area (Å²) < 4.78 is 2.02. The molecular formula is C22H20N4OS. The van der Waals surface area contributed by atoms with Crippen LogP contribution in [0.25, 0.3) is 16.6 Å². The van der Waals surface area contributed by atoms with Gasteiger partial charge in [0.05, 0.1) is 22.1 Å². The SMILES string of the molecule is Cc1ccccc1-n1ccnc1S[C@@H](C)C(=O)Nc1cccc2ncccc12. The fourth-order valence-electron chi connectivity index (χ4n) is 3.05. The van der Waals surface area contributed by atoms with Crippen molar-refractivity contribution in [2.75, 3.05) is 5.32 Å². The smallest absolute Gasteiger partial charge is 0.237 e. The van der Waals surface area contributed by atoms with Crippen molar-refractivity contribution in [2.24, 2.45) is 0 Å². The molecule has 1 amide bonds. The minimum absolute atomic E-state index is 0.0688. The average molecular weight is 388 g/mol. The van der Waals surface area contributed by atoms with E-state index in [-0.39, 0.29) is 11.2 Å². The Balaban J connectivity index is 1.53. The Kier molecular flexibility index (Phi) is 5.12. The van der Waals surface area contributed by atoms with Crippen LogP contribution in [0.2, 0.25) is 0 Å². The third-order valence-electron chi connectivity index (χ3n) is 4.54. The van der Waals surface area contributed by atoms with Crippen molar-refractivity contribution < 1.29 is 4.79 Å². The molecule has 0 aliphatic carbocycles. The van der Waals surface area contributed by atoms with Gasteiger partial charge in [-0.25, -0.2) is 4.98 Å². The van der Waals surface area contributed by atoms with Crippen molar-refractivity contribution in [1.82, 2.24) is 14.5 Å². The molecule has 0 bridgehead atoms. The minimum Gasteiger partial charge on any atom is -0.324 e. The van der Waals surface area contributed by atoms with Crippen molar-refractivity contribution in [2.45, 2.75) is 24.3 Å². The Morgan fingerprint density at radius 2 is 1.89 bits per heavy atom. The van der Waals surface area contributed by atoms with Crippen molar-refractivity contribution in [1.29, 1.82) is 0 Å². The lowest BCUT2D eigenvalue weighted by Crippen LogP contribution is -2.23. The van der Waals surface area contributed by atoms with Gasteiger partial charge in [0, 0.05) is 24.0 Å². The van der Waals surface area contributed by atoms with E-state index >= 15 is 0 Å². The maximum atomic E-state index is 12.8. The van der Waals surface area contributed by atoms with Gasteiger partial charge in [-0.1, -0.05) is 36.0 Å². The first kappa shape index (κ1) is 18.3. The number of nitrogens with one attached hydrogen (secondary N) is 1. The first-order chi connectivity index (χ1) is 13.6. The number of aromatic nitrogens is 3. The largest absolute Gasteiger partial charge is 0.324 e. The second-order valence-corrected chi connectivity index (χ2v) is 7.80. The summed E-state index contributed by atoms with van der Waals surface area (Å²) in [4.78, 5) is 21.6. The van der Waals surface area contributed by atoms with Crippen LogP contribution in [0.3, 0.4) is 0 Å². The monoisotopic (exact) mass is 388 g/mol. The molecule has 0 aliphatic heterocycles. The van der Waals surface area contributed by atoms with E-state index in [2.05, 4.69) is 34.3 Å². The second-order valence-electron chi connectivity index (χ2n) is 6.49. The van der Waals surface area contributed by atoms with Crippen LogP contribution in [-0.4, -0.2) is 25.7 Å². The zero-order chi connectivity index (χ0) is 19.5. The molecule has 2 aromatic heterocycles. The molecule has 2 heterocycles. The Bertz CT molecular complexity index is 1130. The number of amides is 1. The third-order valence-corrected chi connectivity index (χ3v) is 5.62. The molecule has 5 nitrogen and oxygen atoms in total. The van der Waals surface area contributed by atoms with Gasteiger partial charge in [0.25, 0.3) is 0 Å². The molecule has 0 radical (unpaired) electrons. The summed E-state index contributed by atoms with van der Waals surface area (Å²) in [5.74, 6) is -0.0688. The molecule has 4 aromatic rings. The number of hydrogen-bond acceptors (Lipinski definition) is 4. The van der Waals surface area contributed by atoms with Gasteiger partial charge in [-0.05, 0) is 49.7 Å². The van der Waals surface area contributed by atoms with E-state index in [4.69, 9.17) is 0 Å². The third kappa shape index (κ3) is 3.64. The molecule has 4 rings (SSSR count). The molecule has 0 unspecified atom stereocenters. The van der Waals surface area contributed by atoms with Crippen molar-refractivity contribution in [3.05, 3.63) is 78.8 Å². The van der Waals surface area contributed by atoms with Crippen LogP contribution in [0.1, 0.15) is 12.5 Å². The van der Waals surface area contributed by atoms with Gasteiger partial charge in [0.2, 0.25) is 5.91 Å². The first-order valence-corrected chi connectivity index (χ1v) is 9.92. The van der Waals surface area contributed by atoms with E-state index in [0.29, 0.717) is 0 Å². The molecule has 0 aliphatic rings. The minimum atomic E-state index is -0.308. The second kappa shape index (κ2) is 7.86. The maximum absolute atomic E-state index is 12.8. The van der Waals surface area contributed by atoms with Gasteiger partial charge in [-0.2, -0.15) is 0 Å². The highest BCUT2D eigenvalue weighted by molar-refractivity contribution is 8.00. The van der Waals surface area contributed by atoms with Crippen LogP contribution in [0.4, 0.5) is 5.69 Å². The molecule has 1 N–H and O–H groups in total. The fraction of sp³-hybridized carbons (Fsp3) is 0.136. The number of anilines is 1. The average Bonchev–Trinajstić information content (AvgIpc) is 3.16. The number of thioether (sulfide) groups is 1. The summed E-state index contributed by atoms with van der Waals surface area (Å²) in [6.45, 7) is 3.95. The van der Waals surface area contributed by atoms with Gasteiger partial charge < -0.3 is 5.32 Å². The Morgan fingerprint density at radius 1 is 1.04 bits per heavy atom. The number of para-hydroxylation sites is 1. The molecule has 0 fully saturated rings. The quantitative estimate of drug-likeness (QED) is 0.497. The van der Waals surface area contributed by atoms with Crippen LogP contribution < -0.4 is 5.32 Å². The molecule has 140 valence electrons. The number of carbonyl (C=O) groups is 1. The topological polar surface area (TPSA) is 59.8 Å². The van der Waals surface area contributed by atoms with E-state index in [0.717, 1.165) is 33.0 Å². The predicted molar refractivity (Wildman–Crippen MR) is 114 cm³/mol. The van der Waals surface area contributed by atoms with Crippen molar-refractivity contribution in [3.63, 3.8) is 0 Å². The van der Waals surface area contributed by atoms with Crippen LogP contribution in [-0.2, 0) is 4.79 Å². The first-order valence-electron chi connectivity index (χ1n) is 9.04. The molecule has 28 heavy (non-hydrogen) atoms. The lowest BCUT2D eigenvalue weighted by Gasteiger charge is -2.15. The van der Waals surface area contributed by atoms with Gasteiger partial charge in [-0.3, -0.25) is 14.3 Å². The maximum Gasteiger partial charge on any atom is 0.237 e. The fourth-order valence-corrected chi connectivity index (χ4v) is 3.93. The molecule has 0 saturated carbocycles. The van der Waals surface area contributed by atoms with E-state index < -0.39 is 0 Å². The number of fused-ring (bicyclic) bond motifs is 1. The molecule has 1 atom stereocenters. The zero-order valence-electron chi connectivity index (χ0n) is 15.7. The summed E-state index contributed by atoms with van der Waals surface area (Å²) >= 11 is 1.44. The summed E-state index contributed by atoms with van der Waals surface area (Å²) in [6, 6.07) is 17.7. The standard InChI is InChI=1S/C22H20N4OS/c1-15-7-3-4-11-20(15)26-14-13-24-22(26)28-16(2)21(27)25-19-10-5-9-18-17(19)8-6-12-23-18/h3-14,16H,1-2H3,(H,25,27)/t16-/m0/s1. The van der Waals surface area contributed by atoms with Crippen molar-refractivity contribution >= 4 is 34.3 Å². The van der Waals surface area contributed by atoms with E-state index in [1.165, 1.54) is 11.8 Å². The number of benzene rings is 2. The number of imidazole rings is 1. The van der Waals surface area contributed by atoms with Crippen LogP contribution in [0.5, 0.6) is 0 Å². The number of aryl methyl sites for hydroxylation is 1. The molecule has 2 aromatic carbocycles. The van der Waals surface area contributed by atoms with Crippen LogP contribution in [0, 0.1) is 6.92 Å². The van der Waals surface area contributed by atoms with Gasteiger partial charge in [0.1, 0.15) is 0 Å². The van der Waals surface area contributed by atoms with Gasteiger partial charge >= 0.3 is 0 Å². The molecule has 6 heteroatoms.